The number of hydrogen-bond acceptors (Lipinski definition) is 1. The Morgan fingerprint density at radius 2 is 1.85 bits per heavy atom. The molecule has 2 aliphatic rings. The molecule has 3 heteroatoms. The van der Waals surface area contributed by atoms with Gasteiger partial charge in [0.15, 0.2) is 0 Å². The van der Waals surface area contributed by atoms with Gasteiger partial charge >= 0.3 is 0 Å². The summed E-state index contributed by atoms with van der Waals surface area (Å²) in [6.07, 6.45) is 9.19. The summed E-state index contributed by atoms with van der Waals surface area (Å²) in [4.78, 5) is 0. The van der Waals surface area contributed by atoms with E-state index >= 15 is 0 Å². The second-order valence-corrected chi connectivity index (χ2v) is 4.97. The van der Waals surface area contributed by atoms with Gasteiger partial charge in [0.25, 0.3) is 0 Å². The molecule has 0 radical (unpaired) electrons. The van der Waals surface area contributed by atoms with E-state index in [4.69, 9.17) is 23.2 Å². The molecule has 74 valence electrons. The molecule has 0 saturated heterocycles. The second kappa shape index (κ2) is 4.20. The van der Waals surface area contributed by atoms with Crippen molar-refractivity contribution in [1.29, 1.82) is 0 Å². The van der Waals surface area contributed by atoms with Gasteiger partial charge in [-0.1, -0.05) is 25.0 Å². The van der Waals surface area contributed by atoms with Crippen LogP contribution in [0, 0.1) is 5.92 Å². The number of rotatable bonds is 0. The van der Waals surface area contributed by atoms with Gasteiger partial charge in [0, 0.05) is 11.4 Å². The normalized spacial score (nSPS) is 45.4. The van der Waals surface area contributed by atoms with Crippen LogP contribution in [0.2, 0.25) is 0 Å². The first kappa shape index (κ1) is 9.82. The molecule has 2 rings (SSSR count). The van der Waals surface area contributed by atoms with Crippen molar-refractivity contribution < 1.29 is 0 Å². The quantitative estimate of drug-likeness (QED) is 0.376. The molecular formula is C10H15Cl2N. The lowest BCUT2D eigenvalue weighted by molar-refractivity contribution is 0.380. The van der Waals surface area contributed by atoms with Crippen molar-refractivity contribution >= 4 is 23.2 Å². The van der Waals surface area contributed by atoms with Gasteiger partial charge in [0.05, 0.1) is 0 Å². The van der Waals surface area contributed by atoms with Crippen molar-refractivity contribution in [3.63, 3.8) is 0 Å². The van der Waals surface area contributed by atoms with E-state index in [2.05, 4.69) is 11.4 Å². The highest BCUT2D eigenvalue weighted by atomic mass is 35.5. The van der Waals surface area contributed by atoms with Gasteiger partial charge in [0.1, 0.15) is 5.50 Å². The van der Waals surface area contributed by atoms with Gasteiger partial charge in [-0.15, -0.1) is 23.2 Å². The molecule has 4 unspecified atom stereocenters. The zero-order valence-electron chi connectivity index (χ0n) is 7.55. The third-order valence-corrected chi connectivity index (χ3v) is 3.76. The smallest absolute Gasteiger partial charge is 0.101 e. The fraction of sp³-hybridized carbons (Fsp3) is 0.800. The summed E-state index contributed by atoms with van der Waals surface area (Å²) < 4.78 is 0. The number of halogens is 2. The molecule has 0 aromatic rings. The zero-order chi connectivity index (χ0) is 9.26. The molecule has 1 heterocycles. The topological polar surface area (TPSA) is 12.0 Å². The van der Waals surface area contributed by atoms with Crippen molar-refractivity contribution in [3.05, 3.63) is 12.2 Å². The molecule has 13 heavy (non-hydrogen) atoms. The van der Waals surface area contributed by atoms with E-state index in [0.29, 0.717) is 12.0 Å². The van der Waals surface area contributed by atoms with Crippen molar-refractivity contribution in [3.8, 4) is 0 Å². The molecule has 1 fully saturated rings. The summed E-state index contributed by atoms with van der Waals surface area (Å²) in [6.45, 7) is 0. The lowest BCUT2D eigenvalue weighted by Gasteiger charge is -2.32. The monoisotopic (exact) mass is 219 g/mol. The van der Waals surface area contributed by atoms with Gasteiger partial charge in [-0.3, -0.25) is 5.32 Å². The largest absolute Gasteiger partial charge is 0.293 e. The number of nitrogens with one attached hydrogen (secondary N) is 1. The Balaban J connectivity index is 2.11. The number of alkyl halides is 2. The molecule has 0 spiro atoms. The van der Waals surface area contributed by atoms with Crippen molar-refractivity contribution in [2.24, 2.45) is 5.92 Å². The van der Waals surface area contributed by atoms with Crippen LogP contribution >= 0.6 is 23.2 Å². The molecule has 1 aliphatic heterocycles. The Morgan fingerprint density at radius 3 is 2.69 bits per heavy atom. The Morgan fingerprint density at radius 1 is 1.08 bits per heavy atom. The molecule has 4 atom stereocenters. The molecule has 0 amide bonds. The maximum atomic E-state index is 6.30. The van der Waals surface area contributed by atoms with Crippen LogP contribution in [0.1, 0.15) is 25.7 Å². The van der Waals surface area contributed by atoms with Crippen LogP contribution in [-0.4, -0.2) is 16.9 Å². The van der Waals surface area contributed by atoms with Crippen LogP contribution in [0.5, 0.6) is 0 Å². The Bertz CT molecular complexity index is 205. The molecule has 1 nitrogen and oxygen atoms in total. The maximum Gasteiger partial charge on any atom is 0.101 e. The SMILES string of the molecule is ClC1C=CC2CCCCC(Cl)C2N1. The fourth-order valence-corrected chi connectivity index (χ4v) is 2.91. The van der Waals surface area contributed by atoms with Gasteiger partial charge in [0.2, 0.25) is 0 Å². The summed E-state index contributed by atoms with van der Waals surface area (Å²) in [5.74, 6) is 0.597. The molecule has 0 aromatic heterocycles. The van der Waals surface area contributed by atoms with E-state index < -0.39 is 0 Å². The van der Waals surface area contributed by atoms with E-state index in [9.17, 15) is 0 Å². The third-order valence-electron chi connectivity index (χ3n) is 3.00. The minimum absolute atomic E-state index is 0.0272. The summed E-state index contributed by atoms with van der Waals surface area (Å²) in [5, 5.41) is 3.60. The highest BCUT2D eigenvalue weighted by Crippen LogP contribution is 2.31. The number of fused-ring (bicyclic) bond motifs is 1. The van der Waals surface area contributed by atoms with Gasteiger partial charge in [-0.25, -0.2) is 0 Å². The average molecular weight is 220 g/mol. The molecule has 0 bridgehead atoms. The lowest BCUT2D eigenvalue weighted by Crippen LogP contribution is -2.47. The highest BCUT2D eigenvalue weighted by molar-refractivity contribution is 6.22. The Labute approximate surface area is 89.5 Å². The standard InChI is InChI=1S/C10H15Cl2N/c11-8-4-2-1-3-7-5-6-9(12)13-10(7)8/h5-10,13H,1-4H2. The Hall–Kier alpha value is 0.280. The predicted octanol–water partition coefficient (Wildman–Crippen LogP) is 2.88. The zero-order valence-corrected chi connectivity index (χ0v) is 9.06. The molecule has 1 aliphatic carbocycles. The van der Waals surface area contributed by atoms with E-state index in [1.54, 1.807) is 0 Å². The first-order chi connectivity index (χ1) is 6.27. The van der Waals surface area contributed by atoms with Crippen LogP contribution < -0.4 is 5.32 Å². The van der Waals surface area contributed by atoms with Crippen LogP contribution in [0.3, 0.4) is 0 Å². The van der Waals surface area contributed by atoms with Crippen molar-refractivity contribution in [2.75, 3.05) is 0 Å². The average Bonchev–Trinajstić information content (AvgIpc) is 2.29. The summed E-state index contributed by atoms with van der Waals surface area (Å²) in [7, 11) is 0. The van der Waals surface area contributed by atoms with Crippen molar-refractivity contribution in [1.82, 2.24) is 5.32 Å². The third kappa shape index (κ3) is 2.20. The minimum Gasteiger partial charge on any atom is -0.293 e. The molecular weight excluding hydrogens is 205 g/mol. The first-order valence-electron chi connectivity index (χ1n) is 5.00. The summed E-state index contributed by atoms with van der Waals surface area (Å²) in [5.41, 5.74) is -0.0272. The van der Waals surface area contributed by atoms with Crippen LogP contribution in [0.25, 0.3) is 0 Å². The number of hydrogen-bond donors (Lipinski definition) is 1. The second-order valence-electron chi connectivity index (χ2n) is 3.94. The first-order valence-corrected chi connectivity index (χ1v) is 5.87. The highest BCUT2D eigenvalue weighted by Gasteiger charge is 2.32. The predicted molar refractivity (Wildman–Crippen MR) is 57.3 cm³/mol. The van der Waals surface area contributed by atoms with E-state index in [0.717, 1.165) is 6.42 Å². The van der Waals surface area contributed by atoms with Crippen molar-refractivity contribution in [2.45, 2.75) is 42.6 Å². The molecule has 1 saturated carbocycles. The van der Waals surface area contributed by atoms with Crippen LogP contribution in [0.4, 0.5) is 0 Å². The molecule has 0 aromatic carbocycles. The Kier molecular flexibility index (Phi) is 3.18. The van der Waals surface area contributed by atoms with Crippen LogP contribution in [0.15, 0.2) is 12.2 Å². The summed E-state index contributed by atoms with van der Waals surface area (Å²) in [6, 6.07) is 0.386. The lowest BCUT2D eigenvalue weighted by atomic mass is 9.92. The maximum absolute atomic E-state index is 6.30. The fourth-order valence-electron chi connectivity index (χ4n) is 2.27. The molecule has 1 N–H and O–H groups in total. The summed E-state index contributed by atoms with van der Waals surface area (Å²) >= 11 is 12.3. The van der Waals surface area contributed by atoms with E-state index in [1.165, 1.54) is 19.3 Å². The van der Waals surface area contributed by atoms with Gasteiger partial charge in [-0.2, -0.15) is 0 Å². The van der Waals surface area contributed by atoms with E-state index in [1.807, 2.05) is 6.08 Å². The minimum atomic E-state index is -0.0272. The van der Waals surface area contributed by atoms with E-state index in [-0.39, 0.29) is 10.9 Å². The van der Waals surface area contributed by atoms with Gasteiger partial charge < -0.3 is 0 Å². The van der Waals surface area contributed by atoms with Crippen LogP contribution in [-0.2, 0) is 0 Å². The van der Waals surface area contributed by atoms with Gasteiger partial charge in [-0.05, 0) is 18.8 Å².